The van der Waals surface area contributed by atoms with E-state index in [4.69, 9.17) is 0 Å². The summed E-state index contributed by atoms with van der Waals surface area (Å²) >= 11 is 4.08. The normalized spacial score (nSPS) is 9.93. The van der Waals surface area contributed by atoms with Crippen molar-refractivity contribution in [1.29, 1.82) is 0 Å². The zero-order valence-electron chi connectivity index (χ0n) is 7.93. The Hall–Kier alpha value is -0.260. The molecule has 1 aromatic rings. The fourth-order valence-electron chi connectivity index (χ4n) is 1.01. The number of para-hydroxylation sites is 1. The van der Waals surface area contributed by atoms with Gasteiger partial charge in [-0.3, -0.25) is 4.79 Å². The van der Waals surface area contributed by atoms with E-state index in [9.17, 15) is 4.79 Å². The van der Waals surface area contributed by atoms with Crippen LogP contribution in [0, 0.1) is 0 Å². The summed E-state index contributed by atoms with van der Waals surface area (Å²) in [5.74, 6) is 0.0298. The van der Waals surface area contributed by atoms with Crippen LogP contribution in [0.15, 0.2) is 29.2 Å². The molecule has 0 spiro atoms. The van der Waals surface area contributed by atoms with Crippen molar-refractivity contribution in [2.24, 2.45) is 0 Å². The molecule has 2 nitrogen and oxygen atoms in total. The van der Waals surface area contributed by atoms with Crippen molar-refractivity contribution in [2.75, 3.05) is 11.9 Å². The molecular formula is C9H11NOS3. The molecule has 1 aromatic carbocycles. The Labute approximate surface area is 96.6 Å². The lowest BCUT2D eigenvalue weighted by molar-refractivity contribution is -0.116. The number of anilines is 1. The summed E-state index contributed by atoms with van der Waals surface area (Å²) in [5, 5.41) is 0. The van der Waals surface area contributed by atoms with E-state index >= 15 is 0 Å². The number of hydrogen-bond donors (Lipinski definition) is 1. The summed E-state index contributed by atoms with van der Waals surface area (Å²) in [6.07, 6.45) is 0. The van der Waals surface area contributed by atoms with E-state index in [2.05, 4.69) is 11.7 Å². The SMILES string of the molecule is CC(=O)N(C)c1ccccc1SSS. The molecule has 0 aliphatic carbocycles. The number of carbonyl (C=O) groups excluding carboxylic acids is 1. The van der Waals surface area contributed by atoms with Crippen LogP contribution in [-0.2, 0) is 4.79 Å². The van der Waals surface area contributed by atoms with Crippen molar-refractivity contribution in [3.63, 3.8) is 0 Å². The third-order valence-electron chi connectivity index (χ3n) is 1.83. The average molecular weight is 245 g/mol. The number of thiol groups is 1. The summed E-state index contributed by atoms with van der Waals surface area (Å²) in [7, 11) is 4.67. The summed E-state index contributed by atoms with van der Waals surface area (Å²) in [4.78, 5) is 13.9. The molecule has 0 atom stereocenters. The topological polar surface area (TPSA) is 20.3 Å². The predicted octanol–water partition coefficient (Wildman–Crippen LogP) is 3.25. The highest BCUT2D eigenvalue weighted by molar-refractivity contribution is 9.05. The maximum absolute atomic E-state index is 11.2. The van der Waals surface area contributed by atoms with Crippen molar-refractivity contribution >= 4 is 43.9 Å². The third kappa shape index (κ3) is 2.87. The maximum Gasteiger partial charge on any atom is 0.223 e. The Morgan fingerprint density at radius 3 is 2.64 bits per heavy atom. The number of carbonyl (C=O) groups is 1. The van der Waals surface area contributed by atoms with Gasteiger partial charge >= 0.3 is 0 Å². The quantitative estimate of drug-likeness (QED) is 0.652. The van der Waals surface area contributed by atoms with Crippen molar-refractivity contribution in [2.45, 2.75) is 11.8 Å². The lowest BCUT2D eigenvalue weighted by Crippen LogP contribution is -2.23. The van der Waals surface area contributed by atoms with Crippen LogP contribution in [0.4, 0.5) is 5.69 Å². The molecular weight excluding hydrogens is 234 g/mol. The molecule has 0 aliphatic heterocycles. The monoisotopic (exact) mass is 245 g/mol. The lowest BCUT2D eigenvalue weighted by Gasteiger charge is -2.17. The van der Waals surface area contributed by atoms with Crippen LogP contribution in [0.3, 0.4) is 0 Å². The van der Waals surface area contributed by atoms with E-state index in [1.807, 2.05) is 24.3 Å². The van der Waals surface area contributed by atoms with Gasteiger partial charge in [0.2, 0.25) is 5.91 Å². The number of rotatable bonds is 3. The van der Waals surface area contributed by atoms with E-state index in [-0.39, 0.29) is 5.91 Å². The second-order valence-electron chi connectivity index (χ2n) is 2.70. The van der Waals surface area contributed by atoms with Crippen LogP contribution in [0.2, 0.25) is 0 Å². The van der Waals surface area contributed by atoms with Gasteiger partial charge in [-0.1, -0.05) is 23.8 Å². The Bertz CT molecular complexity index is 330. The highest BCUT2D eigenvalue weighted by Gasteiger charge is 2.09. The highest BCUT2D eigenvalue weighted by Crippen LogP contribution is 2.39. The summed E-state index contributed by atoms with van der Waals surface area (Å²) in [6, 6.07) is 7.77. The molecule has 0 fully saturated rings. The van der Waals surface area contributed by atoms with E-state index in [1.165, 1.54) is 20.6 Å². The maximum atomic E-state index is 11.2. The van der Waals surface area contributed by atoms with Crippen LogP contribution in [0.1, 0.15) is 6.92 Å². The van der Waals surface area contributed by atoms with Gasteiger partial charge < -0.3 is 4.90 Å². The molecule has 5 heteroatoms. The zero-order chi connectivity index (χ0) is 10.6. The predicted molar refractivity (Wildman–Crippen MR) is 68.0 cm³/mol. The molecule has 0 N–H and O–H groups in total. The summed E-state index contributed by atoms with van der Waals surface area (Å²) < 4.78 is 0. The first-order valence-corrected chi connectivity index (χ1v) is 7.18. The molecule has 14 heavy (non-hydrogen) atoms. The molecule has 76 valence electrons. The number of hydrogen-bond acceptors (Lipinski definition) is 4. The Morgan fingerprint density at radius 2 is 2.07 bits per heavy atom. The molecule has 0 heterocycles. The zero-order valence-corrected chi connectivity index (χ0v) is 10.5. The minimum atomic E-state index is 0.0298. The Kier molecular flexibility index (Phi) is 4.71. The molecule has 0 aliphatic rings. The smallest absolute Gasteiger partial charge is 0.223 e. The first-order valence-electron chi connectivity index (χ1n) is 3.98. The van der Waals surface area contributed by atoms with Crippen LogP contribution < -0.4 is 4.90 Å². The van der Waals surface area contributed by atoms with Gasteiger partial charge in [-0.25, -0.2) is 0 Å². The minimum absolute atomic E-state index is 0.0298. The molecule has 1 amide bonds. The number of nitrogens with zero attached hydrogens (tertiary/aromatic N) is 1. The fourth-order valence-corrected chi connectivity index (χ4v) is 2.91. The third-order valence-corrected chi connectivity index (χ3v) is 3.86. The lowest BCUT2D eigenvalue weighted by atomic mass is 10.3. The molecule has 1 rings (SSSR count). The van der Waals surface area contributed by atoms with Crippen LogP contribution in [0.25, 0.3) is 0 Å². The molecule has 0 saturated heterocycles. The van der Waals surface area contributed by atoms with Gasteiger partial charge in [-0.05, 0) is 32.8 Å². The van der Waals surface area contributed by atoms with E-state index in [0.29, 0.717) is 0 Å². The average Bonchev–Trinajstić information content (AvgIpc) is 2.18. The highest BCUT2D eigenvalue weighted by atomic mass is 33.5. The molecule has 0 saturated carbocycles. The second kappa shape index (κ2) is 5.58. The van der Waals surface area contributed by atoms with Crippen molar-refractivity contribution in [3.05, 3.63) is 24.3 Å². The van der Waals surface area contributed by atoms with Crippen LogP contribution >= 0.6 is 32.3 Å². The Balaban J connectivity index is 3.00. The van der Waals surface area contributed by atoms with E-state index in [1.54, 1.807) is 18.9 Å². The van der Waals surface area contributed by atoms with Gasteiger partial charge in [0.25, 0.3) is 0 Å². The van der Waals surface area contributed by atoms with Gasteiger partial charge in [-0.2, -0.15) is 0 Å². The van der Waals surface area contributed by atoms with Gasteiger partial charge in [0.05, 0.1) is 5.69 Å². The number of benzene rings is 1. The molecule has 0 aromatic heterocycles. The van der Waals surface area contributed by atoms with Gasteiger partial charge in [0.1, 0.15) is 0 Å². The first-order chi connectivity index (χ1) is 6.66. The largest absolute Gasteiger partial charge is 0.315 e. The fraction of sp³-hybridized carbons (Fsp3) is 0.222. The summed E-state index contributed by atoms with van der Waals surface area (Å²) in [5.41, 5.74) is 0.923. The molecule has 0 bridgehead atoms. The van der Waals surface area contributed by atoms with Crippen molar-refractivity contribution < 1.29 is 4.79 Å². The Morgan fingerprint density at radius 1 is 1.43 bits per heavy atom. The summed E-state index contributed by atoms with van der Waals surface area (Å²) in [6.45, 7) is 1.55. The van der Waals surface area contributed by atoms with Crippen molar-refractivity contribution in [3.8, 4) is 0 Å². The van der Waals surface area contributed by atoms with Crippen LogP contribution in [0.5, 0.6) is 0 Å². The van der Waals surface area contributed by atoms with Crippen molar-refractivity contribution in [1.82, 2.24) is 0 Å². The molecule has 0 unspecified atom stereocenters. The van der Waals surface area contributed by atoms with Gasteiger partial charge in [0.15, 0.2) is 0 Å². The van der Waals surface area contributed by atoms with E-state index in [0.717, 1.165) is 10.6 Å². The van der Waals surface area contributed by atoms with Gasteiger partial charge in [-0.15, -0.1) is 0 Å². The van der Waals surface area contributed by atoms with Gasteiger partial charge in [0, 0.05) is 18.9 Å². The molecule has 0 radical (unpaired) electrons. The van der Waals surface area contributed by atoms with Crippen LogP contribution in [-0.4, -0.2) is 13.0 Å². The van der Waals surface area contributed by atoms with E-state index < -0.39 is 0 Å². The minimum Gasteiger partial charge on any atom is -0.315 e. The standard InChI is InChI=1S/C9H11NOS3/c1-7(11)10(2)8-5-3-4-6-9(8)13-14-12/h3-6,12H,1-2H3. The second-order valence-corrected chi connectivity index (χ2v) is 5.75. The number of amides is 1. The first kappa shape index (κ1) is 11.8.